The summed E-state index contributed by atoms with van der Waals surface area (Å²) in [5.74, 6) is -2.79. The molecule has 0 unspecified atom stereocenters. The predicted octanol–water partition coefficient (Wildman–Crippen LogP) is 2.43. The molecular weight excluding hydrogens is 462 g/mol. The quantitative estimate of drug-likeness (QED) is 0.515. The Balaban J connectivity index is 1.91. The average molecular weight is 484 g/mol. The largest absolute Gasteiger partial charge is 0.452 e. The van der Waals surface area contributed by atoms with Gasteiger partial charge in [0, 0.05) is 18.7 Å². The fourth-order valence-electron chi connectivity index (χ4n) is 2.71. The summed E-state index contributed by atoms with van der Waals surface area (Å²) in [5, 5.41) is 1.99. The first-order valence-electron chi connectivity index (χ1n) is 9.74. The summed E-state index contributed by atoms with van der Waals surface area (Å²) in [7, 11) is -3.68. The fourth-order valence-corrected chi connectivity index (χ4v) is 4.17. The van der Waals surface area contributed by atoms with Gasteiger partial charge in [-0.25, -0.2) is 13.2 Å². The topological polar surface area (TPSA) is 119 Å². The smallest absolute Gasteiger partial charge is 0.387 e. The SMILES string of the molecule is CCN(CC)S(=O)(=O)c1ccc(C(=O)OCC(=O)NC(=O)c2ccc(OC(F)F)cc2)cc1. The maximum Gasteiger partial charge on any atom is 0.387 e. The highest BCUT2D eigenvalue weighted by Gasteiger charge is 2.22. The number of amides is 2. The van der Waals surface area contributed by atoms with Gasteiger partial charge in [0.15, 0.2) is 6.61 Å². The van der Waals surface area contributed by atoms with Gasteiger partial charge in [-0.15, -0.1) is 0 Å². The first-order chi connectivity index (χ1) is 15.6. The number of nitrogens with zero attached hydrogens (tertiary/aromatic N) is 1. The molecule has 12 heteroatoms. The van der Waals surface area contributed by atoms with Gasteiger partial charge >= 0.3 is 12.6 Å². The van der Waals surface area contributed by atoms with Crippen molar-refractivity contribution in [1.29, 1.82) is 0 Å². The van der Waals surface area contributed by atoms with Crippen molar-refractivity contribution in [3.8, 4) is 5.75 Å². The Labute approximate surface area is 189 Å². The van der Waals surface area contributed by atoms with Crippen LogP contribution in [0.25, 0.3) is 0 Å². The van der Waals surface area contributed by atoms with E-state index in [4.69, 9.17) is 4.74 Å². The zero-order valence-corrected chi connectivity index (χ0v) is 18.6. The summed E-state index contributed by atoms with van der Waals surface area (Å²) >= 11 is 0. The monoisotopic (exact) mass is 484 g/mol. The van der Waals surface area contributed by atoms with Crippen LogP contribution < -0.4 is 10.1 Å². The van der Waals surface area contributed by atoms with E-state index in [1.165, 1.54) is 40.7 Å². The third kappa shape index (κ3) is 7.05. The Morgan fingerprint density at radius 3 is 2.00 bits per heavy atom. The zero-order valence-electron chi connectivity index (χ0n) is 17.8. The molecule has 0 spiro atoms. The Kier molecular flexibility index (Phi) is 9.00. The van der Waals surface area contributed by atoms with Crippen LogP contribution in [0.1, 0.15) is 34.6 Å². The molecule has 0 saturated carbocycles. The molecule has 0 bridgehead atoms. The number of alkyl halides is 2. The molecule has 0 aliphatic carbocycles. The minimum atomic E-state index is -3.68. The van der Waals surface area contributed by atoms with Gasteiger partial charge in [0.25, 0.3) is 11.8 Å². The van der Waals surface area contributed by atoms with Crippen LogP contribution in [0.5, 0.6) is 5.75 Å². The Hall–Kier alpha value is -3.38. The van der Waals surface area contributed by atoms with Crippen LogP contribution in [0.15, 0.2) is 53.4 Å². The van der Waals surface area contributed by atoms with Crippen LogP contribution in [-0.2, 0) is 19.6 Å². The highest BCUT2D eigenvalue weighted by Crippen LogP contribution is 2.17. The number of hydrogen-bond donors (Lipinski definition) is 1. The van der Waals surface area contributed by atoms with Gasteiger partial charge in [0.1, 0.15) is 5.75 Å². The van der Waals surface area contributed by atoms with Crippen LogP contribution >= 0.6 is 0 Å². The molecule has 2 aromatic rings. The van der Waals surface area contributed by atoms with Gasteiger partial charge in [-0.2, -0.15) is 13.1 Å². The number of nitrogens with one attached hydrogen (secondary N) is 1. The molecule has 0 aromatic heterocycles. The second-order valence-corrected chi connectivity index (χ2v) is 8.41. The molecule has 33 heavy (non-hydrogen) atoms. The Bertz CT molecular complexity index is 1080. The van der Waals surface area contributed by atoms with E-state index in [9.17, 15) is 31.6 Å². The highest BCUT2D eigenvalue weighted by molar-refractivity contribution is 7.89. The third-order valence-electron chi connectivity index (χ3n) is 4.36. The number of carbonyl (C=O) groups excluding carboxylic acids is 3. The van der Waals surface area contributed by atoms with Gasteiger partial charge in [-0.3, -0.25) is 14.9 Å². The van der Waals surface area contributed by atoms with Gasteiger partial charge in [-0.05, 0) is 48.5 Å². The van der Waals surface area contributed by atoms with Gasteiger partial charge in [0.05, 0.1) is 10.5 Å². The number of rotatable bonds is 10. The molecule has 0 aliphatic rings. The molecule has 1 N–H and O–H groups in total. The van der Waals surface area contributed by atoms with Gasteiger partial charge in [0.2, 0.25) is 10.0 Å². The highest BCUT2D eigenvalue weighted by atomic mass is 32.2. The van der Waals surface area contributed by atoms with Crippen molar-refractivity contribution >= 4 is 27.8 Å². The molecule has 0 aliphatic heterocycles. The fraction of sp³-hybridized carbons (Fsp3) is 0.286. The lowest BCUT2D eigenvalue weighted by Crippen LogP contribution is -2.34. The van der Waals surface area contributed by atoms with E-state index >= 15 is 0 Å². The van der Waals surface area contributed by atoms with Crippen LogP contribution in [0.4, 0.5) is 8.78 Å². The lowest BCUT2D eigenvalue weighted by Gasteiger charge is -2.18. The summed E-state index contributed by atoms with van der Waals surface area (Å²) in [6, 6.07) is 9.66. The number of halogens is 2. The molecule has 2 rings (SSSR count). The predicted molar refractivity (Wildman–Crippen MR) is 112 cm³/mol. The van der Waals surface area contributed by atoms with Crippen LogP contribution in [0.3, 0.4) is 0 Å². The van der Waals surface area contributed by atoms with Crippen LogP contribution in [0.2, 0.25) is 0 Å². The van der Waals surface area contributed by atoms with E-state index in [2.05, 4.69) is 4.74 Å². The van der Waals surface area contributed by atoms with E-state index in [1.807, 2.05) is 5.32 Å². The summed E-state index contributed by atoms with van der Waals surface area (Å²) in [5.41, 5.74) is 0.0172. The Morgan fingerprint density at radius 1 is 0.939 bits per heavy atom. The standard InChI is InChI=1S/C21H22F2N2O7S/c1-3-25(4-2)33(29,30)17-11-7-15(8-12-17)20(28)31-13-18(26)24-19(27)14-5-9-16(10-6-14)32-21(22)23/h5-12,21H,3-4,13H2,1-2H3,(H,24,26,27). The lowest BCUT2D eigenvalue weighted by molar-refractivity contribution is -0.123. The molecule has 2 aromatic carbocycles. The van der Waals surface area contributed by atoms with E-state index in [0.29, 0.717) is 13.1 Å². The van der Waals surface area contributed by atoms with Gasteiger partial charge < -0.3 is 9.47 Å². The van der Waals surface area contributed by atoms with Crippen LogP contribution in [0, 0.1) is 0 Å². The number of hydrogen-bond acceptors (Lipinski definition) is 7. The Morgan fingerprint density at radius 2 is 1.48 bits per heavy atom. The number of benzene rings is 2. The first-order valence-corrected chi connectivity index (χ1v) is 11.2. The molecule has 0 heterocycles. The molecule has 0 saturated heterocycles. The number of sulfonamides is 1. The first kappa shape index (κ1) is 25.9. The number of carbonyl (C=O) groups is 3. The summed E-state index contributed by atoms with van der Waals surface area (Å²) in [6.07, 6.45) is 0. The molecule has 0 fully saturated rings. The molecule has 2 amide bonds. The van der Waals surface area contributed by atoms with Crippen molar-refractivity contribution in [2.75, 3.05) is 19.7 Å². The third-order valence-corrected chi connectivity index (χ3v) is 6.43. The molecule has 9 nitrogen and oxygen atoms in total. The van der Waals surface area contributed by atoms with Crippen molar-refractivity contribution in [2.24, 2.45) is 0 Å². The van der Waals surface area contributed by atoms with E-state index < -0.39 is 41.0 Å². The molecular formula is C21H22F2N2O7S. The maximum absolute atomic E-state index is 12.5. The molecule has 178 valence electrons. The summed E-state index contributed by atoms with van der Waals surface area (Å²) < 4.78 is 59.5. The summed E-state index contributed by atoms with van der Waals surface area (Å²) in [4.78, 5) is 36.0. The van der Waals surface area contributed by atoms with Gasteiger partial charge in [-0.1, -0.05) is 13.8 Å². The van der Waals surface area contributed by atoms with Crippen molar-refractivity contribution < 1.29 is 41.1 Å². The number of ether oxygens (including phenoxy) is 2. The van der Waals surface area contributed by atoms with E-state index in [0.717, 1.165) is 12.1 Å². The second kappa shape index (κ2) is 11.5. The second-order valence-electron chi connectivity index (χ2n) is 6.47. The van der Waals surface area contributed by atoms with Crippen LogP contribution in [-0.4, -0.2) is 56.8 Å². The van der Waals surface area contributed by atoms with Crippen molar-refractivity contribution in [1.82, 2.24) is 9.62 Å². The molecule has 0 radical (unpaired) electrons. The average Bonchev–Trinajstić information content (AvgIpc) is 2.78. The molecule has 0 atom stereocenters. The van der Waals surface area contributed by atoms with Crippen molar-refractivity contribution in [3.05, 3.63) is 59.7 Å². The van der Waals surface area contributed by atoms with E-state index in [1.54, 1.807) is 13.8 Å². The number of esters is 1. The normalized spacial score (nSPS) is 11.3. The zero-order chi connectivity index (χ0) is 24.6. The van der Waals surface area contributed by atoms with E-state index in [-0.39, 0.29) is 21.8 Å². The maximum atomic E-state index is 12.5. The van der Waals surface area contributed by atoms with Crippen molar-refractivity contribution in [2.45, 2.75) is 25.4 Å². The summed E-state index contributed by atoms with van der Waals surface area (Å²) in [6.45, 7) is 0.230. The minimum Gasteiger partial charge on any atom is -0.452 e. The van der Waals surface area contributed by atoms with Crippen molar-refractivity contribution in [3.63, 3.8) is 0 Å². The minimum absolute atomic E-state index is 0.00120. The number of imide groups is 1. The lowest BCUT2D eigenvalue weighted by atomic mass is 10.2.